The van der Waals surface area contributed by atoms with Crippen LogP contribution in [0.25, 0.3) is 0 Å². The first-order chi connectivity index (χ1) is 9.00. The Morgan fingerprint density at radius 3 is 2.89 bits per heavy atom. The Hall–Kier alpha value is -0.590. The van der Waals surface area contributed by atoms with Crippen molar-refractivity contribution in [3.63, 3.8) is 0 Å². The van der Waals surface area contributed by atoms with Crippen molar-refractivity contribution in [3.05, 3.63) is 28.2 Å². The lowest BCUT2D eigenvalue weighted by Crippen LogP contribution is -2.26. The maximum absolute atomic E-state index is 12.1. The molecular weight excluding hydrogens is 330 g/mol. The molecule has 1 saturated heterocycles. The van der Waals surface area contributed by atoms with E-state index in [0.717, 1.165) is 29.3 Å². The zero-order valence-corrected chi connectivity index (χ0v) is 13.3. The number of aryl methyl sites for hydroxylation is 1. The molecule has 0 amide bonds. The Bertz CT molecular complexity index is 539. The Balaban J connectivity index is 2.10. The summed E-state index contributed by atoms with van der Waals surface area (Å²) < 4.78 is 33.2. The number of benzene rings is 1. The molecule has 1 N–H and O–H groups in total. The van der Waals surface area contributed by atoms with E-state index in [4.69, 9.17) is 4.74 Å². The fourth-order valence-corrected chi connectivity index (χ4v) is 3.96. The molecule has 0 spiro atoms. The van der Waals surface area contributed by atoms with Crippen LogP contribution in [-0.2, 0) is 21.2 Å². The van der Waals surface area contributed by atoms with Gasteiger partial charge in [0.2, 0.25) is 10.0 Å². The number of anilines is 1. The molecule has 1 fully saturated rings. The molecule has 1 atom stereocenters. The molecule has 0 aromatic heterocycles. The van der Waals surface area contributed by atoms with Crippen LogP contribution in [0.1, 0.15) is 25.3 Å². The van der Waals surface area contributed by atoms with Gasteiger partial charge in [-0.2, -0.15) is 0 Å². The maximum atomic E-state index is 12.1. The zero-order chi connectivity index (χ0) is 13.9. The molecule has 0 radical (unpaired) electrons. The van der Waals surface area contributed by atoms with Crippen LogP contribution in [0.4, 0.5) is 5.69 Å². The van der Waals surface area contributed by atoms with Gasteiger partial charge in [-0.1, -0.05) is 22.9 Å². The van der Waals surface area contributed by atoms with E-state index < -0.39 is 10.0 Å². The molecule has 1 aromatic carbocycles. The SMILES string of the molecule is CCc1cc(Br)ccc1NS(=O)(=O)CC1CCCO1. The molecule has 1 aliphatic rings. The highest BCUT2D eigenvalue weighted by Gasteiger charge is 2.23. The average molecular weight is 348 g/mol. The third-order valence-corrected chi connectivity index (χ3v) is 4.98. The van der Waals surface area contributed by atoms with Crippen molar-refractivity contribution in [1.29, 1.82) is 0 Å². The maximum Gasteiger partial charge on any atom is 0.235 e. The molecule has 4 nitrogen and oxygen atoms in total. The minimum absolute atomic E-state index is 0.0339. The summed E-state index contributed by atoms with van der Waals surface area (Å²) in [5.74, 6) is 0.0339. The molecule has 2 rings (SSSR count). The number of ether oxygens (including phenoxy) is 1. The van der Waals surface area contributed by atoms with Gasteiger partial charge in [-0.05, 0) is 43.0 Å². The molecule has 0 bridgehead atoms. The Labute approximate surface area is 122 Å². The third kappa shape index (κ3) is 4.19. The standard InChI is InChI=1S/C13H18BrNO3S/c1-2-10-8-11(14)5-6-13(10)15-19(16,17)9-12-4-3-7-18-12/h5-6,8,12,15H,2-4,7,9H2,1H3. The summed E-state index contributed by atoms with van der Waals surface area (Å²) in [6, 6.07) is 5.56. The predicted octanol–water partition coefficient (Wildman–Crippen LogP) is 2.93. The van der Waals surface area contributed by atoms with Gasteiger partial charge in [0.05, 0.1) is 17.5 Å². The second-order valence-corrected chi connectivity index (χ2v) is 7.36. The highest BCUT2D eigenvalue weighted by molar-refractivity contribution is 9.10. The summed E-state index contributed by atoms with van der Waals surface area (Å²) in [6.07, 6.45) is 2.37. The highest BCUT2D eigenvalue weighted by Crippen LogP contribution is 2.23. The number of halogens is 1. The smallest absolute Gasteiger partial charge is 0.235 e. The normalized spacial score (nSPS) is 19.6. The van der Waals surface area contributed by atoms with Gasteiger partial charge in [-0.3, -0.25) is 4.72 Å². The molecule has 1 aromatic rings. The van der Waals surface area contributed by atoms with Gasteiger partial charge in [0.25, 0.3) is 0 Å². The lowest BCUT2D eigenvalue weighted by atomic mass is 10.1. The van der Waals surface area contributed by atoms with E-state index in [-0.39, 0.29) is 11.9 Å². The minimum atomic E-state index is -3.35. The summed E-state index contributed by atoms with van der Waals surface area (Å²) in [7, 11) is -3.35. The molecule has 106 valence electrons. The zero-order valence-electron chi connectivity index (χ0n) is 10.9. The van der Waals surface area contributed by atoms with Gasteiger partial charge in [-0.25, -0.2) is 8.42 Å². The van der Waals surface area contributed by atoms with Gasteiger partial charge in [0.1, 0.15) is 0 Å². The fourth-order valence-electron chi connectivity index (χ4n) is 2.18. The molecule has 19 heavy (non-hydrogen) atoms. The highest BCUT2D eigenvalue weighted by atomic mass is 79.9. The lowest BCUT2D eigenvalue weighted by Gasteiger charge is -2.14. The first-order valence-corrected chi connectivity index (χ1v) is 8.85. The van der Waals surface area contributed by atoms with Crippen molar-refractivity contribution in [2.75, 3.05) is 17.1 Å². The minimum Gasteiger partial charge on any atom is -0.377 e. The second-order valence-electron chi connectivity index (χ2n) is 4.67. The molecule has 1 heterocycles. The van der Waals surface area contributed by atoms with E-state index in [1.54, 1.807) is 6.07 Å². The Kier molecular flexibility index (Phi) is 4.86. The van der Waals surface area contributed by atoms with Crippen LogP contribution in [0.5, 0.6) is 0 Å². The van der Waals surface area contributed by atoms with Gasteiger partial charge in [0.15, 0.2) is 0 Å². The molecule has 0 aliphatic carbocycles. The van der Waals surface area contributed by atoms with Crippen LogP contribution in [-0.4, -0.2) is 26.9 Å². The van der Waals surface area contributed by atoms with Gasteiger partial charge in [-0.15, -0.1) is 0 Å². The average Bonchev–Trinajstić information content (AvgIpc) is 2.83. The van der Waals surface area contributed by atoms with Crippen LogP contribution in [0, 0.1) is 0 Å². The van der Waals surface area contributed by atoms with E-state index in [9.17, 15) is 8.42 Å². The first-order valence-electron chi connectivity index (χ1n) is 6.40. The van der Waals surface area contributed by atoms with Crippen molar-refractivity contribution < 1.29 is 13.2 Å². The van der Waals surface area contributed by atoms with Gasteiger partial charge >= 0.3 is 0 Å². The van der Waals surface area contributed by atoms with Crippen LogP contribution in [0.3, 0.4) is 0 Å². The van der Waals surface area contributed by atoms with Crippen molar-refractivity contribution in [1.82, 2.24) is 0 Å². The molecule has 1 aliphatic heterocycles. The quantitative estimate of drug-likeness (QED) is 0.890. The summed E-state index contributed by atoms with van der Waals surface area (Å²) in [5.41, 5.74) is 1.63. The number of nitrogens with one attached hydrogen (secondary N) is 1. The monoisotopic (exact) mass is 347 g/mol. The number of hydrogen-bond donors (Lipinski definition) is 1. The Morgan fingerprint density at radius 1 is 1.47 bits per heavy atom. The van der Waals surface area contributed by atoms with Gasteiger partial charge < -0.3 is 4.74 Å². The molecule has 0 saturated carbocycles. The number of hydrogen-bond acceptors (Lipinski definition) is 3. The summed E-state index contributed by atoms with van der Waals surface area (Å²) in [4.78, 5) is 0. The number of rotatable bonds is 5. The molecule has 1 unspecified atom stereocenters. The Morgan fingerprint density at radius 2 is 2.26 bits per heavy atom. The largest absolute Gasteiger partial charge is 0.377 e. The van der Waals surface area contributed by atoms with Crippen molar-refractivity contribution in [3.8, 4) is 0 Å². The van der Waals surface area contributed by atoms with Crippen LogP contribution >= 0.6 is 15.9 Å². The molecular formula is C13H18BrNO3S. The topological polar surface area (TPSA) is 55.4 Å². The van der Waals surface area contributed by atoms with E-state index in [2.05, 4.69) is 20.7 Å². The van der Waals surface area contributed by atoms with Crippen LogP contribution in [0.15, 0.2) is 22.7 Å². The van der Waals surface area contributed by atoms with Crippen LogP contribution in [0.2, 0.25) is 0 Å². The van der Waals surface area contributed by atoms with E-state index >= 15 is 0 Å². The summed E-state index contributed by atoms with van der Waals surface area (Å²) >= 11 is 3.39. The van der Waals surface area contributed by atoms with Crippen molar-refractivity contribution >= 4 is 31.6 Å². The first kappa shape index (κ1) is 14.8. The van der Waals surface area contributed by atoms with E-state index in [1.807, 2.05) is 19.1 Å². The predicted molar refractivity (Wildman–Crippen MR) is 79.9 cm³/mol. The van der Waals surface area contributed by atoms with Crippen LogP contribution < -0.4 is 4.72 Å². The summed E-state index contributed by atoms with van der Waals surface area (Å²) in [6.45, 7) is 2.67. The van der Waals surface area contributed by atoms with Gasteiger partial charge in [0, 0.05) is 11.1 Å². The molecule has 6 heteroatoms. The lowest BCUT2D eigenvalue weighted by molar-refractivity contribution is 0.127. The fraction of sp³-hybridized carbons (Fsp3) is 0.538. The second kappa shape index (κ2) is 6.24. The third-order valence-electron chi connectivity index (χ3n) is 3.14. The number of sulfonamides is 1. The van der Waals surface area contributed by atoms with E-state index in [0.29, 0.717) is 12.3 Å². The van der Waals surface area contributed by atoms with E-state index in [1.165, 1.54) is 0 Å². The van der Waals surface area contributed by atoms with Crippen molar-refractivity contribution in [2.45, 2.75) is 32.3 Å². The summed E-state index contributed by atoms with van der Waals surface area (Å²) in [5, 5.41) is 0. The van der Waals surface area contributed by atoms with Crippen molar-refractivity contribution in [2.24, 2.45) is 0 Å².